The number of carbonyl (C=O) groups is 1. The van der Waals surface area contributed by atoms with E-state index in [9.17, 15) is 13.2 Å². The van der Waals surface area contributed by atoms with Crippen LogP contribution in [-0.2, 0) is 15.4 Å². The van der Waals surface area contributed by atoms with Crippen LogP contribution in [-0.4, -0.2) is 14.3 Å². The number of amides is 1. The lowest BCUT2D eigenvalue weighted by Crippen LogP contribution is -2.19. The van der Waals surface area contributed by atoms with Crippen LogP contribution in [0, 0.1) is 0 Å². The molecule has 0 aliphatic heterocycles. The fourth-order valence-electron chi connectivity index (χ4n) is 2.15. The first-order valence-electron chi connectivity index (χ1n) is 7.23. The molecule has 2 rings (SSSR count). The van der Waals surface area contributed by atoms with Crippen molar-refractivity contribution in [2.75, 3.05) is 4.72 Å². The van der Waals surface area contributed by atoms with Crippen LogP contribution in [0.25, 0.3) is 0 Å². The normalized spacial score (nSPS) is 12.0. The number of halogens is 1. The predicted octanol–water partition coefficient (Wildman–Crippen LogP) is 3.65. The van der Waals surface area contributed by atoms with Crippen LogP contribution in [0.15, 0.2) is 51.8 Å². The predicted molar refractivity (Wildman–Crippen MR) is 98.6 cm³/mol. The molecule has 0 unspecified atom stereocenters. The zero-order chi connectivity index (χ0) is 18.1. The molecule has 24 heavy (non-hydrogen) atoms. The summed E-state index contributed by atoms with van der Waals surface area (Å²) in [6, 6.07) is 11.3. The molecule has 0 heterocycles. The molecular weight excluding hydrogens is 392 g/mol. The van der Waals surface area contributed by atoms with E-state index in [0.717, 1.165) is 5.56 Å². The van der Waals surface area contributed by atoms with Gasteiger partial charge in [0.2, 0.25) is 0 Å². The van der Waals surface area contributed by atoms with E-state index < -0.39 is 15.9 Å². The highest BCUT2D eigenvalue weighted by atomic mass is 79.9. The molecule has 0 bridgehead atoms. The number of carbonyl (C=O) groups excluding carboxylic acids is 1. The third-order valence-electron chi connectivity index (χ3n) is 3.52. The minimum atomic E-state index is -3.82. The molecule has 128 valence electrons. The molecular formula is C17H19BrN2O3S. The van der Waals surface area contributed by atoms with E-state index >= 15 is 0 Å². The lowest BCUT2D eigenvalue weighted by Gasteiger charge is -2.19. The molecule has 0 radical (unpaired) electrons. The molecule has 7 heteroatoms. The Morgan fingerprint density at radius 1 is 1.08 bits per heavy atom. The number of nitrogens with one attached hydrogen (secondary N) is 1. The molecule has 0 spiro atoms. The van der Waals surface area contributed by atoms with Gasteiger partial charge in [-0.3, -0.25) is 9.52 Å². The summed E-state index contributed by atoms with van der Waals surface area (Å²) >= 11 is 3.23. The molecule has 2 aromatic carbocycles. The number of rotatable bonds is 4. The maximum atomic E-state index is 12.5. The van der Waals surface area contributed by atoms with Gasteiger partial charge in [-0.2, -0.15) is 0 Å². The Hall–Kier alpha value is -1.86. The van der Waals surface area contributed by atoms with Gasteiger partial charge in [0.05, 0.1) is 16.1 Å². The second kappa shape index (κ2) is 6.57. The number of benzene rings is 2. The molecule has 0 fully saturated rings. The van der Waals surface area contributed by atoms with Crippen molar-refractivity contribution in [3.63, 3.8) is 0 Å². The average molecular weight is 411 g/mol. The maximum Gasteiger partial charge on any atom is 0.261 e. The van der Waals surface area contributed by atoms with Crippen LogP contribution in [0.5, 0.6) is 0 Å². The van der Waals surface area contributed by atoms with Gasteiger partial charge < -0.3 is 5.73 Å². The summed E-state index contributed by atoms with van der Waals surface area (Å²) in [5.74, 6) is -0.711. The molecule has 2 aromatic rings. The third-order valence-corrected chi connectivity index (χ3v) is 5.40. The first kappa shape index (κ1) is 18.5. The van der Waals surface area contributed by atoms with E-state index in [-0.39, 0.29) is 21.6 Å². The summed E-state index contributed by atoms with van der Waals surface area (Å²) in [4.78, 5) is 11.6. The fourth-order valence-corrected chi connectivity index (χ4v) is 3.59. The second-order valence-corrected chi connectivity index (χ2v) is 9.03. The largest absolute Gasteiger partial charge is 0.366 e. The fraction of sp³-hybridized carbons (Fsp3) is 0.235. The van der Waals surface area contributed by atoms with Gasteiger partial charge in [-0.15, -0.1) is 0 Å². The lowest BCUT2D eigenvalue weighted by atomic mass is 9.87. The van der Waals surface area contributed by atoms with Crippen molar-refractivity contribution < 1.29 is 13.2 Å². The molecule has 0 saturated carbocycles. The molecule has 5 nitrogen and oxygen atoms in total. The summed E-state index contributed by atoms with van der Waals surface area (Å²) in [6.07, 6.45) is 0. The second-order valence-electron chi connectivity index (χ2n) is 6.43. The van der Waals surface area contributed by atoms with Crippen LogP contribution < -0.4 is 10.5 Å². The standard InChI is InChI=1S/C17H19BrN2O3S/c1-17(2,3)11-4-7-13(8-5-11)24(22,23)20-15-9-6-12(18)10-14(15)16(19)21/h4-10,20H,1-3H3,(H2,19,21). The molecule has 3 N–H and O–H groups in total. The van der Waals surface area contributed by atoms with Crippen molar-refractivity contribution in [2.45, 2.75) is 31.1 Å². The molecule has 1 amide bonds. The maximum absolute atomic E-state index is 12.5. The summed E-state index contributed by atoms with van der Waals surface area (Å²) in [5, 5.41) is 0. The molecule has 0 aliphatic rings. The number of sulfonamides is 1. The van der Waals surface area contributed by atoms with E-state index in [1.165, 1.54) is 12.1 Å². The van der Waals surface area contributed by atoms with Gasteiger partial charge >= 0.3 is 0 Å². The number of nitrogens with two attached hydrogens (primary N) is 1. The van der Waals surface area contributed by atoms with Crippen molar-refractivity contribution in [3.05, 3.63) is 58.1 Å². The van der Waals surface area contributed by atoms with Crippen molar-refractivity contribution in [3.8, 4) is 0 Å². The van der Waals surface area contributed by atoms with Crippen LogP contribution in [0.1, 0.15) is 36.7 Å². The highest BCUT2D eigenvalue weighted by Crippen LogP contribution is 2.26. The summed E-state index contributed by atoms with van der Waals surface area (Å²) in [5.41, 5.74) is 6.52. The van der Waals surface area contributed by atoms with Gasteiger partial charge in [0.25, 0.3) is 15.9 Å². The van der Waals surface area contributed by atoms with Crippen LogP contribution in [0.4, 0.5) is 5.69 Å². The minimum absolute atomic E-state index is 0.0689. The molecule has 0 aliphatic carbocycles. The lowest BCUT2D eigenvalue weighted by molar-refractivity contribution is 0.100. The van der Waals surface area contributed by atoms with E-state index in [1.54, 1.807) is 30.3 Å². The van der Waals surface area contributed by atoms with Crippen molar-refractivity contribution in [1.82, 2.24) is 0 Å². The highest BCUT2D eigenvalue weighted by molar-refractivity contribution is 9.10. The van der Waals surface area contributed by atoms with Crippen LogP contribution in [0.3, 0.4) is 0 Å². The van der Waals surface area contributed by atoms with Crippen molar-refractivity contribution in [1.29, 1.82) is 0 Å². The monoisotopic (exact) mass is 410 g/mol. The topological polar surface area (TPSA) is 89.3 Å². The van der Waals surface area contributed by atoms with E-state index in [2.05, 4.69) is 41.4 Å². The quantitative estimate of drug-likeness (QED) is 0.805. The Morgan fingerprint density at radius 2 is 1.67 bits per heavy atom. The molecule has 0 aromatic heterocycles. The number of hydrogen-bond donors (Lipinski definition) is 2. The zero-order valence-corrected chi connectivity index (χ0v) is 16.0. The molecule has 0 saturated heterocycles. The minimum Gasteiger partial charge on any atom is -0.366 e. The Balaban J connectivity index is 2.37. The smallest absolute Gasteiger partial charge is 0.261 e. The number of hydrogen-bond acceptors (Lipinski definition) is 3. The van der Waals surface area contributed by atoms with Crippen LogP contribution >= 0.6 is 15.9 Å². The van der Waals surface area contributed by atoms with Gasteiger partial charge in [-0.25, -0.2) is 8.42 Å². The van der Waals surface area contributed by atoms with Gasteiger partial charge in [-0.1, -0.05) is 48.8 Å². The zero-order valence-electron chi connectivity index (χ0n) is 13.6. The first-order chi connectivity index (χ1) is 11.0. The first-order valence-corrected chi connectivity index (χ1v) is 9.51. The van der Waals surface area contributed by atoms with Gasteiger partial charge in [-0.05, 0) is 41.3 Å². The third kappa shape index (κ3) is 4.15. The Bertz CT molecular complexity index is 870. The Morgan fingerprint density at radius 3 is 2.17 bits per heavy atom. The Labute approximate surface area is 150 Å². The van der Waals surface area contributed by atoms with E-state index in [1.807, 2.05) is 0 Å². The van der Waals surface area contributed by atoms with Crippen LogP contribution in [0.2, 0.25) is 0 Å². The van der Waals surface area contributed by atoms with Gasteiger partial charge in [0, 0.05) is 4.47 Å². The SMILES string of the molecule is CC(C)(C)c1ccc(S(=O)(=O)Nc2ccc(Br)cc2C(N)=O)cc1. The van der Waals surface area contributed by atoms with Gasteiger partial charge in [0.1, 0.15) is 0 Å². The average Bonchev–Trinajstić information content (AvgIpc) is 2.48. The van der Waals surface area contributed by atoms with Gasteiger partial charge in [0.15, 0.2) is 0 Å². The van der Waals surface area contributed by atoms with Crippen molar-refractivity contribution in [2.24, 2.45) is 5.73 Å². The summed E-state index contributed by atoms with van der Waals surface area (Å²) in [7, 11) is -3.82. The number of anilines is 1. The summed E-state index contributed by atoms with van der Waals surface area (Å²) in [6.45, 7) is 6.15. The number of primary amides is 1. The Kier molecular flexibility index (Phi) is 5.05. The molecule has 0 atom stereocenters. The van der Waals surface area contributed by atoms with Crippen molar-refractivity contribution >= 4 is 37.5 Å². The highest BCUT2D eigenvalue weighted by Gasteiger charge is 2.20. The van der Waals surface area contributed by atoms with E-state index in [4.69, 9.17) is 5.73 Å². The van der Waals surface area contributed by atoms with E-state index in [0.29, 0.717) is 4.47 Å². The summed E-state index contributed by atoms with van der Waals surface area (Å²) < 4.78 is 28.1.